The van der Waals surface area contributed by atoms with E-state index < -0.39 is 5.92 Å². The molecule has 0 fully saturated rings. The average molecular weight is 412 g/mol. The molecule has 0 aliphatic rings. The third kappa shape index (κ3) is 3.59. The van der Waals surface area contributed by atoms with Gasteiger partial charge in [0.2, 0.25) is 11.8 Å². The van der Waals surface area contributed by atoms with Gasteiger partial charge in [-0.05, 0) is 48.9 Å². The molecule has 0 bridgehead atoms. The average Bonchev–Trinajstić information content (AvgIpc) is 3.13. The van der Waals surface area contributed by atoms with Gasteiger partial charge in [0, 0.05) is 23.6 Å². The van der Waals surface area contributed by atoms with Crippen LogP contribution in [0.5, 0.6) is 0 Å². The third-order valence-corrected chi connectivity index (χ3v) is 5.26. The molecule has 1 atom stereocenters. The first-order valence-electron chi connectivity index (χ1n) is 8.58. The minimum atomic E-state index is -0.466. The lowest BCUT2D eigenvalue weighted by Gasteiger charge is -2.14. The summed E-state index contributed by atoms with van der Waals surface area (Å²) < 4.78 is 5.78. The summed E-state index contributed by atoms with van der Waals surface area (Å²) in [6.45, 7) is 1.78. The van der Waals surface area contributed by atoms with Gasteiger partial charge in [0.05, 0.1) is 16.0 Å². The maximum Gasteiger partial charge on any atom is 0.231 e. The van der Waals surface area contributed by atoms with Crippen molar-refractivity contribution in [2.45, 2.75) is 12.8 Å². The van der Waals surface area contributed by atoms with Gasteiger partial charge in [0.1, 0.15) is 5.52 Å². The predicted molar refractivity (Wildman–Crippen MR) is 111 cm³/mol. The van der Waals surface area contributed by atoms with E-state index in [0.29, 0.717) is 38.3 Å². The summed E-state index contributed by atoms with van der Waals surface area (Å²) in [6, 6.07) is 14.2. The molecule has 1 unspecified atom stereocenters. The molecule has 4 aromatic rings. The first-order valence-corrected chi connectivity index (χ1v) is 9.34. The smallest absolute Gasteiger partial charge is 0.231 e. The Morgan fingerprint density at radius 3 is 2.68 bits per heavy atom. The Bertz CT molecular complexity index is 1160. The van der Waals surface area contributed by atoms with Crippen molar-refractivity contribution in [3.63, 3.8) is 0 Å². The highest BCUT2D eigenvalue weighted by Crippen LogP contribution is 2.32. The maximum absolute atomic E-state index is 12.7. The molecule has 5 nitrogen and oxygen atoms in total. The summed E-state index contributed by atoms with van der Waals surface area (Å²) in [5.74, 6) is -0.159. The van der Waals surface area contributed by atoms with E-state index in [-0.39, 0.29) is 5.91 Å². The van der Waals surface area contributed by atoms with E-state index in [4.69, 9.17) is 27.6 Å². The zero-order valence-electron chi connectivity index (χ0n) is 14.8. The minimum absolute atomic E-state index is 0.193. The van der Waals surface area contributed by atoms with Gasteiger partial charge in [-0.2, -0.15) is 0 Å². The summed E-state index contributed by atoms with van der Waals surface area (Å²) in [6.07, 6.45) is 3.36. The molecular weight excluding hydrogens is 397 g/mol. The van der Waals surface area contributed by atoms with Crippen molar-refractivity contribution >= 4 is 45.9 Å². The Morgan fingerprint density at radius 1 is 1.11 bits per heavy atom. The molecule has 4 rings (SSSR count). The highest BCUT2D eigenvalue weighted by molar-refractivity contribution is 6.42. The highest BCUT2D eigenvalue weighted by atomic mass is 35.5. The molecule has 0 radical (unpaired) electrons. The number of benzene rings is 2. The molecule has 0 saturated carbocycles. The molecule has 0 saturated heterocycles. The summed E-state index contributed by atoms with van der Waals surface area (Å²) in [7, 11) is 0. The predicted octanol–water partition coefficient (Wildman–Crippen LogP) is 5.94. The van der Waals surface area contributed by atoms with Gasteiger partial charge in [-0.25, -0.2) is 4.98 Å². The molecule has 0 aliphatic heterocycles. The van der Waals surface area contributed by atoms with Gasteiger partial charge in [-0.3, -0.25) is 9.78 Å². The number of fused-ring (bicyclic) bond motifs is 1. The number of pyridine rings is 1. The fraction of sp³-hybridized carbons (Fsp3) is 0.0952. The van der Waals surface area contributed by atoms with E-state index in [1.165, 1.54) is 0 Å². The summed E-state index contributed by atoms with van der Waals surface area (Å²) >= 11 is 12.3. The Balaban J connectivity index is 1.57. The number of nitrogens with one attached hydrogen (secondary N) is 1. The number of hydrogen-bond acceptors (Lipinski definition) is 4. The zero-order chi connectivity index (χ0) is 19.7. The number of aromatic nitrogens is 2. The van der Waals surface area contributed by atoms with Crippen LogP contribution in [-0.2, 0) is 4.79 Å². The molecule has 2 aromatic carbocycles. The summed E-state index contributed by atoms with van der Waals surface area (Å²) in [4.78, 5) is 21.2. The fourth-order valence-electron chi connectivity index (χ4n) is 2.87. The van der Waals surface area contributed by atoms with Gasteiger partial charge in [-0.15, -0.1) is 0 Å². The number of carbonyl (C=O) groups is 1. The van der Waals surface area contributed by atoms with E-state index in [1.54, 1.807) is 55.7 Å². The van der Waals surface area contributed by atoms with E-state index in [1.807, 2.05) is 12.1 Å². The zero-order valence-corrected chi connectivity index (χ0v) is 16.3. The van der Waals surface area contributed by atoms with Gasteiger partial charge >= 0.3 is 0 Å². The quantitative estimate of drug-likeness (QED) is 0.451. The van der Waals surface area contributed by atoms with Crippen LogP contribution in [0.3, 0.4) is 0 Å². The number of hydrogen-bond donors (Lipinski definition) is 1. The molecule has 2 heterocycles. The van der Waals surface area contributed by atoms with Crippen LogP contribution < -0.4 is 5.32 Å². The van der Waals surface area contributed by atoms with Crippen molar-refractivity contribution in [1.29, 1.82) is 0 Å². The standard InChI is InChI=1S/C21H15Cl2N3O2/c1-12(15-3-2-4-16(22)19(15)23)20(27)25-14-5-6-18-17(11-14)26-21(28-18)13-7-9-24-10-8-13/h2-12H,1H3,(H,25,27). The van der Waals surface area contributed by atoms with Gasteiger partial charge in [0.25, 0.3) is 0 Å². The third-order valence-electron chi connectivity index (χ3n) is 4.42. The normalized spacial score (nSPS) is 12.1. The van der Waals surface area contributed by atoms with Gasteiger partial charge in [0.15, 0.2) is 5.58 Å². The second-order valence-corrected chi connectivity index (χ2v) is 7.08. The Labute approximate surface area is 171 Å². The molecule has 0 aliphatic carbocycles. The Hall–Kier alpha value is -2.89. The molecule has 1 N–H and O–H groups in total. The first-order chi connectivity index (χ1) is 13.5. The van der Waals surface area contributed by atoms with Crippen LogP contribution in [0.2, 0.25) is 10.0 Å². The Kier molecular flexibility index (Phi) is 5.03. The van der Waals surface area contributed by atoms with Crippen molar-refractivity contribution in [3.8, 4) is 11.5 Å². The monoisotopic (exact) mass is 411 g/mol. The van der Waals surface area contributed by atoms with E-state index in [0.717, 1.165) is 5.56 Å². The lowest BCUT2D eigenvalue weighted by Crippen LogP contribution is -2.19. The van der Waals surface area contributed by atoms with Crippen molar-refractivity contribution in [3.05, 3.63) is 76.5 Å². The lowest BCUT2D eigenvalue weighted by molar-refractivity contribution is -0.117. The number of oxazole rings is 1. The van der Waals surface area contributed by atoms with Gasteiger partial charge < -0.3 is 9.73 Å². The van der Waals surface area contributed by atoms with Crippen LogP contribution in [0.1, 0.15) is 18.4 Å². The van der Waals surface area contributed by atoms with Crippen molar-refractivity contribution < 1.29 is 9.21 Å². The second kappa shape index (κ2) is 7.62. The summed E-state index contributed by atoms with van der Waals surface area (Å²) in [5, 5.41) is 3.71. The van der Waals surface area contributed by atoms with Crippen LogP contribution in [0.4, 0.5) is 5.69 Å². The Morgan fingerprint density at radius 2 is 1.89 bits per heavy atom. The molecule has 0 spiro atoms. The van der Waals surface area contributed by atoms with Crippen LogP contribution in [0, 0.1) is 0 Å². The number of anilines is 1. The number of nitrogens with zero attached hydrogens (tertiary/aromatic N) is 2. The molecule has 1 amide bonds. The van der Waals surface area contributed by atoms with Crippen LogP contribution >= 0.6 is 23.2 Å². The number of halogens is 2. The molecule has 140 valence electrons. The first kappa shape index (κ1) is 18.5. The molecule has 2 aromatic heterocycles. The number of rotatable bonds is 4. The molecular formula is C21H15Cl2N3O2. The minimum Gasteiger partial charge on any atom is -0.436 e. The topological polar surface area (TPSA) is 68.0 Å². The lowest BCUT2D eigenvalue weighted by atomic mass is 10.00. The van der Waals surface area contributed by atoms with E-state index in [2.05, 4.69) is 15.3 Å². The van der Waals surface area contributed by atoms with Gasteiger partial charge in [-0.1, -0.05) is 35.3 Å². The SMILES string of the molecule is CC(C(=O)Nc1ccc2oc(-c3ccncc3)nc2c1)c1cccc(Cl)c1Cl. The van der Waals surface area contributed by atoms with Crippen LogP contribution in [0.15, 0.2) is 65.3 Å². The van der Waals surface area contributed by atoms with E-state index in [9.17, 15) is 4.79 Å². The van der Waals surface area contributed by atoms with Crippen LogP contribution in [-0.4, -0.2) is 15.9 Å². The fourth-order valence-corrected chi connectivity index (χ4v) is 3.34. The van der Waals surface area contributed by atoms with E-state index >= 15 is 0 Å². The highest BCUT2D eigenvalue weighted by Gasteiger charge is 2.20. The molecule has 28 heavy (non-hydrogen) atoms. The molecule has 7 heteroatoms. The van der Waals surface area contributed by atoms with Crippen molar-refractivity contribution in [2.75, 3.05) is 5.32 Å². The van der Waals surface area contributed by atoms with Crippen LogP contribution in [0.25, 0.3) is 22.6 Å². The van der Waals surface area contributed by atoms with Crippen molar-refractivity contribution in [1.82, 2.24) is 9.97 Å². The largest absolute Gasteiger partial charge is 0.436 e. The summed E-state index contributed by atoms with van der Waals surface area (Å²) in [5.41, 5.74) is 3.42. The maximum atomic E-state index is 12.7. The second-order valence-electron chi connectivity index (χ2n) is 6.29. The van der Waals surface area contributed by atoms with Crippen molar-refractivity contribution in [2.24, 2.45) is 0 Å². The number of carbonyl (C=O) groups excluding carboxylic acids is 1. The number of amides is 1.